The summed E-state index contributed by atoms with van der Waals surface area (Å²) >= 11 is 14.0. The minimum atomic E-state index is 0.0595. The van der Waals surface area contributed by atoms with Crippen LogP contribution in [0.3, 0.4) is 0 Å². The van der Waals surface area contributed by atoms with Crippen molar-refractivity contribution in [2.75, 3.05) is 43.0 Å². The molecule has 200 valence electrons. The molecule has 1 aliphatic heterocycles. The Labute approximate surface area is 243 Å². The van der Waals surface area contributed by atoms with Gasteiger partial charge >= 0.3 is 0 Å². The van der Waals surface area contributed by atoms with Gasteiger partial charge in [-0.3, -0.25) is 4.79 Å². The second kappa shape index (κ2) is 12.7. The van der Waals surface area contributed by atoms with E-state index in [9.17, 15) is 4.79 Å². The van der Waals surface area contributed by atoms with Crippen molar-refractivity contribution in [1.29, 1.82) is 0 Å². The van der Waals surface area contributed by atoms with Gasteiger partial charge in [0.05, 0.1) is 0 Å². The molecule has 0 spiro atoms. The maximum absolute atomic E-state index is 13.1. The number of nitrogens with zero attached hydrogens (tertiary/aromatic N) is 5. The predicted molar refractivity (Wildman–Crippen MR) is 161 cm³/mol. The number of hydrogen-bond donors (Lipinski definition) is 0. The van der Waals surface area contributed by atoms with Gasteiger partial charge in [-0.2, -0.15) is 0 Å². The normalized spacial score (nSPS) is 13.4. The van der Waals surface area contributed by atoms with Crippen LogP contribution in [0.4, 0.5) is 11.5 Å². The van der Waals surface area contributed by atoms with Gasteiger partial charge < -0.3 is 14.7 Å². The van der Waals surface area contributed by atoms with Crippen molar-refractivity contribution in [2.24, 2.45) is 0 Å². The molecule has 1 fully saturated rings. The van der Waals surface area contributed by atoms with Crippen LogP contribution in [0.2, 0.25) is 10.2 Å². The third-order valence-corrected chi connectivity index (χ3v) is 7.97. The number of benzene rings is 3. The van der Waals surface area contributed by atoms with Crippen molar-refractivity contribution >= 4 is 52.4 Å². The highest BCUT2D eigenvalue weighted by atomic mass is 35.5. The Morgan fingerprint density at radius 1 is 0.872 bits per heavy atom. The first-order chi connectivity index (χ1) is 18.9. The molecule has 3 aromatic carbocycles. The number of rotatable bonds is 8. The molecule has 0 unspecified atom stereocenters. The lowest BCUT2D eigenvalue weighted by Crippen LogP contribution is -2.48. The molecule has 0 saturated carbocycles. The maximum Gasteiger partial charge on any atom is 0.253 e. The molecule has 0 radical (unpaired) electrons. The Kier molecular flexibility index (Phi) is 8.91. The minimum Gasteiger partial charge on any atom is -0.368 e. The van der Waals surface area contributed by atoms with Crippen molar-refractivity contribution in [3.63, 3.8) is 0 Å². The van der Waals surface area contributed by atoms with Crippen LogP contribution in [0.5, 0.6) is 0 Å². The van der Waals surface area contributed by atoms with Gasteiger partial charge in [-0.15, -0.1) is 0 Å². The fourth-order valence-electron chi connectivity index (χ4n) is 4.50. The Morgan fingerprint density at radius 2 is 1.62 bits per heavy atom. The van der Waals surface area contributed by atoms with Gasteiger partial charge in [0.25, 0.3) is 5.91 Å². The second-order valence-corrected chi connectivity index (χ2v) is 11.2. The summed E-state index contributed by atoms with van der Waals surface area (Å²) in [6.45, 7) is 3.64. The molecule has 2 heterocycles. The van der Waals surface area contributed by atoms with Crippen molar-refractivity contribution in [1.82, 2.24) is 14.9 Å². The number of halogens is 2. The molecular formula is C30H29Cl2N5OS. The van der Waals surface area contributed by atoms with Crippen molar-refractivity contribution < 1.29 is 4.79 Å². The van der Waals surface area contributed by atoms with Crippen molar-refractivity contribution in [3.8, 4) is 0 Å². The lowest BCUT2D eigenvalue weighted by molar-refractivity contribution is 0.0747. The summed E-state index contributed by atoms with van der Waals surface area (Å²) in [5.74, 6) is 1.51. The number of piperazine rings is 1. The van der Waals surface area contributed by atoms with Crippen molar-refractivity contribution in [3.05, 3.63) is 112 Å². The van der Waals surface area contributed by atoms with Crippen LogP contribution in [0.15, 0.2) is 90.1 Å². The van der Waals surface area contributed by atoms with Gasteiger partial charge in [0.15, 0.2) is 5.16 Å². The average molecular weight is 579 g/mol. The first-order valence-electron chi connectivity index (χ1n) is 12.8. The summed E-state index contributed by atoms with van der Waals surface area (Å²) in [6, 6.07) is 27.7. The van der Waals surface area contributed by atoms with E-state index in [4.69, 9.17) is 28.2 Å². The standard InChI is InChI=1S/C30H29Cl2N5OS/c1-35(20-22-6-3-2-4-7-22)28-19-27(32)33-30(34-28)39-21-23-10-12-24(13-11-23)29(38)37-16-14-36(15-17-37)26-9-5-8-25(31)18-26/h2-13,18-19H,14-17,20-21H2,1H3. The van der Waals surface area contributed by atoms with E-state index in [1.807, 2.05) is 72.6 Å². The molecule has 4 aromatic rings. The molecule has 0 atom stereocenters. The van der Waals surface area contributed by atoms with Gasteiger partial charge in [-0.1, -0.05) is 83.5 Å². The van der Waals surface area contributed by atoms with Crippen LogP contribution in [-0.4, -0.2) is 54.0 Å². The molecule has 6 nitrogen and oxygen atoms in total. The lowest BCUT2D eigenvalue weighted by Gasteiger charge is -2.36. The molecule has 1 aliphatic rings. The number of carbonyl (C=O) groups excluding carboxylic acids is 1. The van der Waals surface area contributed by atoms with Crippen LogP contribution < -0.4 is 9.80 Å². The SMILES string of the molecule is CN(Cc1ccccc1)c1cc(Cl)nc(SCc2ccc(C(=O)N3CCN(c4cccc(Cl)c4)CC3)cc2)n1. The van der Waals surface area contributed by atoms with E-state index in [0.29, 0.717) is 34.7 Å². The van der Waals surface area contributed by atoms with Crippen LogP contribution in [-0.2, 0) is 12.3 Å². The van der Waals surface area contributed by atoms with E-state index in [1.54, 1.807) is 6.07 Å². The molecule has 0 bridgehead atoms. The van der Waals surface area contributed by atoms with Crippen LogP contribution in [0, 0.1) is 0 Å². The van der Waals surface area contributed by atoms with Gasteiger partial charge in [0, 0.05) is 67.9 Å². The number of anilines is 2. The maximum atomic E-state index is 13.1. The van der Waals surface area contributed by atoms with Gasteiger partial charge in [-0.05, 0) is 41.5 Å². The zero-order valence-corrected chi connectivity index (χ0v) is 24.0. The summed E-state index contributed by atoms with van der Waals surface area (Å²) in [6.07, 6.45) is 0. The Morgan fingerprint density at radius 3 is 2.33 bits per heavy atom. The highest BCUT2D eigenvalue weighted by Crippen LogP contribution is 2.26. The van der Waals surface area contributed by atoms with E-state index in [1.165, 1.54) is 17.3 Å². The quantitative estimate of drug-likeness (QED) is 0.132. The largest absolute Gasteiger partial charge is 0.368 e. The Bertz CT molecular complexity index is 1410. The van der Waals surface area contributed by atoms with E-state index >= 15 is 0 Å². The van der Waals surface area contributed by atoms with E-state index < -0.39 is 0 Å². The van der Waals surface area contributed by atoms with Gasteiger partial charge in [-0.25, -0.2) is 9.97 Å². The fourth-order valence-corrected chi connectivity index (χ4v) is 5.72. The van der Waals surface area contributed by atoms with Crippen LogP contribution in [0.1, 0.15) is 21.5 Å². The molecule has 9 heteroatoms. The highest BCUT2D eigenvalue weighted by Gasteiger charge is 2.22. The Balaban J connectivity index is 1.15. The fraction of sp³-hybridized carbons (Fsp3) is 0.233. The van der Waals surface area contributed by atoms with E-state index in [2.05, 4.69) is 33.0 Å². The number of aromatic nitrogens is 2. The number of hydrogen-bond acceptors (Lipinski definition) is 6. The molecular weight excluding hydrogens is 549 g/mol. The zero-order valence-electron chi connectivity index (χ0n) is 21.6. The molecule has 1 amide bonds. The van der Waals surface area contributed by atoms with Gasteiger partial charge in [0.1, 0.15) is 11.0 Å². The molecule has 5 rings (SSSR count). The molecule has 1 saturated heterocycles. The van der Waals surface area contributed by atoms with Crippen LogP contribution >= 0.6 is 35.0 Å². The molecule has 1 aromatic heterocycles. The molecule has 39 heavy (non-hydrogen) atoms. The monoisotopic (exact) mass is 577 g/mol. The van der Waals surface area contributed by atoms with E-state index in [-0.39, 0.29) is 5.91 Å². The van der Waals surface area contributed by atoms with Crippen molar-refractivity contribution in [2.45, 2.75) is 17.5 Å². The minimum absolute atomic E-state index is 0.0595. The third kappa shape index (κ3) is 7.24. The molecule has 0 N–H and O–H groups in total. The summed E-state index contributed by atoms with van der Waals surface area (Å²) in [4.78, 5) is 28.4. The lowest BCUT2D eigenvalue weighted by atomic mass is 10.1. The first kappa shape index (κ1) is 27.3. The zero-order chi connectivity index (χ0) is 27.2. The summed E-state index contributed by atoms with van der Waals surface area (Å²) < 4.78 is 0. The Hall–Kier alpha value is -3.26. The van der Waals surface area contributed by atoms with E-state index in [0.717, 1.165) is 41.7 Å². The number of carbonyl (C=O) groups is 1. The first-order valence-corrected chi connectivity index (χ1v) is 14.5. The predicted octanol–water partition coefficient (Wildman–Crippen LogP) is 6.67. The number of thioether (sulfide) groups is 1. The van der Waals surface area contributed by atoms with Crippen LogP contribution in [0.25, 0.3) is 0 Å². The summed E-state index contributed by atoms with van der Waals surface area (Å²) in [5, 5.41) is 1.76. The van der Waals surface area contributed by atoms with Gasteiger partial charge in [0.2, 0.25) is 0 Å². The highest BCUT2D eigenvalue weighted by molar-refractivity contribution is 7.98. The topological polar surface area (TPSA) is 52.6 Å². The smallest absolute Gasteiger partial charge is 0.253 e. The third-order valence-electron chi connectivity index (χ3n) is 6.62. The summed E-state index contributed by atoms with van der Waals surface area (Å²) in [5.41, 5.74) is 4.07. The summed E-state index contributed by atoms with van der Waals surface area (Å²) in [7, 11) is 1.99. The number of amides is 1. The molecule has 0 aliphatic carbocycles. The second-order valence-electron chi connectivity index (χ2n) is 9.42. The average Bonchev–Trinajstić information content (AvgIpc) is 2.96.